The summed E-state index contributed by atoms with van der Waals surface area (Å²) in [7, 11) is 1.53. The molecule has 0 heterocycles. The Bertz CT molecular complexity index is 355. The summed E-state index contributed by atoms with van der Waals surface area (Å²) in [5.41, 5.74) is 1.02. The molecule has 4 heteroatoms. The minimum absolute atomic E-state index is 0.102. The Kier molecular flexibility index (Phi) is 5.25. The van der Waals surface area contributed by atoms with E-state index >= 15 is 0 Å². The first-order valence-corrected chi connectivity index (χ1v) is 5.86. The van der Waals surface area contributed by atoms with Crippen molar-refractivity contribution in [3.8, 4) is 11.5 Å². The molecule has 1 aromatic rings. The van der Waals surface area contributed by atoms with Crippen molar-refractivity contribution in [2.24, 2.45) is 0 Å². The molecule has 0 radical (unpaired) electrons. The van der Waals surface area contributed by atoms with Gasteiger partial charge in [-0.1, -0.05) is 13.0 Å². The maximum atomic E-state index is 9.49. The first-order valence-electron chi connectivity index (χ1n) is 5.86. The molecule has 0 aliphatic heterocycles. The average molecular weight is 239 g/mol. The van der Waals surface area contributed by atoms with Gasteiger partial charge in [-0.05, 0) is 31.0 Å². The molecule has 0 spiro atoms. The number of benzene rings is 1. The fourth-order valence-corrected chi connectivity index (χ4v) is 1.54. The van der Waals surface area contributed by atoms with Crippen LogP contribution >= 0.6 is 0 Å². The van der Waals surface area contributed by atoms with E-state index in [0.29, 0.717) is 12.3 Å². The molecule has 0 saturated carbocycles. The van der Waals surface area contributed by atoms with Gasteiger partial charge in [-0.15, -0.1) is 0 Å². The van der Waals surface area contributed by atoms with Crippen molar-refractivity contribution in [3.05, 3.63) is 23.8 Å². The van der Waals surface area contributed by atoms with Gasteiger partial charge < -0.3 is 20.3 Å². The van der Waals surface area contributed by atoms with Crippen LogP contribution in [-0.2, 0) is 0 Å². The summed E-state index contributed by atoms with van der Waals surface area (Å²) in [5.74, 6) is 0.601. The molecule has 1 rings (SSSR count). The molecular weight excluding hydrogens is 218 g/mol. The Morgan fingerprint density at radius 3 is 2.71 bits per heavy atom. The van der Waals surface area contributed by atoms with Crippen LogP contribution in [0.3, 0.4) is 0 Å². The monoisotopic (exact) mass is 239 g/mol. The largest absolute Gasteiger partial charge is 0.504 e. The number of aliphatic hydroxyl groups excluding tert-OH is 1. The van der Waals surface area contributed by atoms with E-state index in [1.807, 2.05) is 19.9 Å². The quantitative estimate of drug-likeness (QED) is 0.708. The number of phenolic OH excluding ortho intramolecular Hbond substituents is 1. The van der Waals surface area contributed by atoms with Crippen molar-refractivity contribution in [2.75, 3.05) is 13.7 Å². The van der Waals surface area contributed by atoms with Crippen LogP contribution in [0, 0.1) is 0 Å². The summed E-state index contributed by atoms with van der Waals surface area (Å²) in [6.07, 6.45) is 0.412. The highest BCUT2D eigenvalue weighted by molar-refractivity contribution is 5.42. The summed E-state index contributed by atoms with van der Waals surface area (Å²) >= 11 is 0. The van der Waals surface area contributed by atoms with Gasteiger partial charge in [0.1, 0.15) is 0 Å². The molecule has 96 valence electrons. The van der Waals surface area contributed by atoms with Gasteiger partial charge in [-0.25, -0.2) is 0 Å². The van der Waals surface area contributed by atoms with Crippen LogP contribution < -0.4 is 10.1 Å². The summed E-state index contributed by atoms with van der Waals surface area (Å²) in [6.45, 7) is 4.51. The van der Waals surface area contributed by atoms with Gasteiger partial charge in [0.15, 0.2) is 11.5 Å². The van der Waals surface area contributed by atoms with Gasteiger partial charge in [0.2, 0.25) is 0 Å². The van der Waals surface area contributed by atoms with E-state index in [0.717, 1.165) is 12.0 Å². The topological polar surface area (TPSA) is 61.7 Å². The Labute approximate surface area is 102 Å². The lowest BCUT2D eigenvalue weighted by molar-refractivity contribution is 0.163. The van der Waals surface area contributed by atoms with Gasteiger partial charge in [0, 0.05) is 12.6 Å². The molecular formula is C13H21NO3. The molecule has 0 aromatic heterocycles. The fourth-order valence-electron chi connectivity index (χ4n) is 1.54. The zero-order valence-corrected chi connectivity index (χ0v) is 10.6. The van der Waals surface area contributed by atoms with Crippen molar-refractivity contribution in [2.45, 2.75) is 32.4 Å². The Morgan fingerprint density at radius 1 is 1.41 bits per heavy atom. The fraction of sp³-hybridized carbons (Fsp3) is 0.538. The highest BCUT2D eigenvalue weighted by Gasteiger charge is 2.10. The molecule has 2 unspecified atom stereocenters. The molecule has 1 aromatic carbocycles. The van der Waals surface area contributed by atoms with E-state index in [9.17, 15) is 10.2 Å². The van der Waals surface area contributed by atoms with Crippen LogP contribution in [0.15, 0.2) is 18.2 Å². The lowest BCUT2D eigenvalue weighted by atomic mass is 10.1. The van der Waals surface area contributed by atoms with Crippen molar-refractivity contribution in [1.82, 2.24) is 5.32 Å². The van der Waals surface area contributed by atoms with Gasteiger partial charge in [0.05, 0.1) is 13.2 Å². The van der Waals surface area contributed by atoms with Gasteiger partial charge in [-0.2, -0.15) is 0 Å². The molecule has 0 fully saturated rings. The van der Waals surface area contributed by atoms with Gasteiger partial charge >= 0.3 is 0 Å². The number of nitrogens with one attached hydrogen (secondary N) is 1. The lowest BCUT2D eigenvalue weighted by Crippen LogP contribution is -2.28. The third kappa shape index (κ3) is 3.91. The van der Waals surface area contributed by atoms with E-state index in [-0.39, 0.29) is 17.9 Å². The standard InChI is InChI=1S/C13H21NO3/c1-4-11(15)8-14-9(2)10-5-6-12(16)13(7-10)17-3/h5-7,9,11,14-16H,4,8H2,1-3H3. The SMILES string of the molecule is CCC(O)CNC(C)c1ccc(O)c(OC)c1. The van der Waals surface area contributed by atoms with Crippen LogP contribution in [0.2, 0.25) is 0 Å². The number of aliphatic hydroxyl groups is 1. The molecule has 17 heavy (non-hydrogen) atoms. The molecule has 4 nitrogen and oxygen atoms in total. The predicted octanol–water partition coefficient (Wildman–Crippen LogP) is 1.82. The second-order valence-electron chi connectivity index (χ2n) is 4.12. The van der Waals surface area contributed by atoms with E-state index in [1.165, 1.54) is 7.11 Å². The number of methoxy groups -OCH3 is 1. The Morgan fingerprint density at radius 2 is 2.12 bits per heavy atom. The molecule has 0 amide bonds. The van der Waals surface area contributed by atoms with Crippen molar-refractivity contribution in [3.63, 3.8) is 0 Å². The van der Waals surface area contributed by atoms with Crippen LogP contribution in [0.4, 0.5) is 0 Å². The van der Waals surface area contributed by atoms with Crippen molar-refractivity contribution < 1.29 is 14.9 Å². The van der Waals surface area contributed by atoms with Crippen molar-refractivity contribution >= 4 is 0 Å². The molecule has 0 saturated heterocycles. The van der Waals surface area contributed by atoms with Gasteiger partial charge in [-0.3, -0.25) is 0 Å². The third-order valence-electron chi connectivity index (χ3n) is 2.83. The minimum Gasteiger partial charge on any atom is -0.504 e. The number of ether oxygens (including phenoxy) is 1. The van der Waals surface area contributed by atoms with Gasteiger partial charge in [0.25, 0.3) is 0 Å². The first kappa shape index (κ1) is 13.8. The van der Waals surface area contributed by atoms with Crippen LogP contribution in [0.5, 0.6) is 11.5 Å². The van der Waals surface area contributed by atoms with Crippen LogP contribution in [0.1, 0.15) is 31.9 Å². The Balaban J connectivity index is 2.65. The summed E-state index contributed by atoms with van der Waals surface area (Å²) in [5, 5.41) is 22.2. The highest BCUT2D eigenvalue weighted by Crippen LogP contribution is 2.28. The van der Waals surface area contributed by atoms with E-state index in [2.05, 4.69) is 5.32 Å². The predicted molar refractivity (Wildman–Crippen MR) is 67.4 cm³/mol. The number of rotatable bonds is 6. The van der Waals surface area contributed by atoms with E-state index in [1.54, 1.807) is 12.1 Å². The zero-order valence-electron chi connectivity index (χ0n) is 10.6. The molecule has 2 atom stereocenters. The lowest BCUT2D eigenvalue weighted by Gasteiger charge is -2.17. The third-order valence-corrected chi connectivity index (χ3v) is 2.83. The summed E-state index contributed by atoms with van der Waals surface area (Å²) < 4.78 is 5.06. The summed E-state index contributed by atoms with van der Waals surface area (Å²) in [4.78, 5) is 0. The second-order valence-corrected chi connectivity index (χ2v) is 4.12. The molecule has 0 aliphatic carbocycles. The highest BCUT2D eigenvalue weighted by atomic mass is 16.5. The average Bonchev–Trinajstić information content (AvgIpc) is 2.35. The number of aromatic hydroxyl groups is 1. The van der Waals surface area contributed by atoms with Crippen molar-refractivity contribution in [1.29, 1.82) is 0 Å². The Hall–Kier alpha value is -1.26. The molecule has 3 N–H and O–H groups in total. The summed E-state index contributed by atoms with van der Waals surface area (Å²) in [6, 6.07) is 5.35. The van der Waals surface area contributed by atoms with Crippen LogP contribution in [0.25, 0.3) is 0 Å². The van der Waals surface area contributed by atoms with Crippen LogP contribution in [-0.4, -0.2) is 30.0 Å². The maximum absolute atomic E-state index is 9.49. The maximum Gasteiger partial charge on any atom is 0.160 e. The molecule has 0 aliphatic rings. The normalized spacial score (nSPS) is 14.4. The zero-order chi connectivity index (χ0) is 12.8. The van der Waals surface area contributed by atoms with E-state index in [4.69, 9.17) is 4.74 Å². The first-order chi connectivity index (χ1) is 8.08. The number of hydrogen-bond donors (Lipinski definition) is 3. The van der Waals surface area contributed by atoms with E-state index < -0.39 is 0 Å². The number of phenols is 1. The second kappa shape index (κ2) is 6.47. The number of hydrogen-bond acceptors (Lipinski definition) is 4. The molecule has 0 bridgehead atoms. The minimum atomic E-state index is -0.323. The smallest absolute Gasteiger partial charge is 0.160 e.